The van der Waals surface area contributed by atoms with Crippen molar-refractivity contribution in [1.29, 1.82) is 0 Å². The van der Waals surface area contributed by atoms with Gasteiger partial charge in [-0.1, -0.05) is 18.2 Å². The van der Waals surface area contributed by atoms with Crippen LogP contribution in [0.1, 0.15) is 0 Å². The number of benzene rings is 1. The van der Waals surface area contributed by atoms with E-state index in [0.717, 1.165) is 5.69 Å². The van der Waals surface area contributed by atoms with Gasteiger partial charge >= 0.3 is 51.4 Å². The molecule has 0 atom stereocenters. The Morgan fingerprint density at radius 3 is 1.75 bits per heavy atom. The van der Waals surface area contributed by atoms with Gasteiger partial charge < -0.3 is 5.73 Å². The van der Waals surface area contributed by atoms with Crippen molar-refractivity contribution in [2.45, 2.75) is 0 Å². The third kappa shape index (κ3) is 2.84. The molecule has 0 aliphatic heterocycles. The van der Waals surface area contributed by atoms with Crippen LogP contribution in [0, 0.1) is 0 Å². The Bertz CT molecular complexity index is 138. The van der Waals surface area contributed by atoms with E-state index in [-0.39, 0.29) is 51.4 Å². The molecule has 1 aromatic carbocycles. The van der Waals surface area contributed by atoms with Crippen LogP contribution in [0.25, 0.3) is 0 Å². The van der Waals surface area contributed by atoms with Crippen molar-refractivity contribution in [3.8, 4) is 0 Å². The number of nitrogen functional groups attached to an aromatic ring is 1. The van der Waals surface area contributed by atoms with Crippen LogP contribution in [0.3, 0.4) is 0 Å². The summed E-state index contributed by atoms with van der Waals surface area (Å²) in [4.78, 5) is 0. The van der Waals surface area contributed by atoms with Crippen molar-refractivity contribution in [2.24, 2.45) is 0 Å². The van der Waals surface area contributed by atoms with Gasteiger partial charge in [0, 0.05) is 5.69 Å². The Kier molecular flexibility index (Phi) is 4.90. The van der Waals surface area contributed by atoms with E-state index in [0.29, 0.717) is 0 Å². The first-order chi connectivity index (χ1) is 3.39. The van der Waals surface area contributed by atoms with Crippen molar-refractivity contribution < 1.29 is 0 Å². The summed E-state index contributed by atoms with van der Waals surface area (Å²) in [5.74, 6) is 0. The molecule has 0 heterocycles. The van der Waals surface area contributed by atoms with Gasteiger partial charge in [0.25, 0.3) is 0 Å². The third-order valence-corrected chi connectivity index (χ3v) is 0.800. The maximum absolute atomic E-state index is 5.36. The minimum absolute atomic E-state index is 0. The maximum atomic E-state index is 5.36. The molecule has 1 rings (SSSR count). The van der Waals surface area contributed by atoms with Gasteiger partial charge in [0.2, 0.25) is 0 Å². The van der Waals surface area contributed by atoms with E-state index in [1.165, 1.54) is 0 Å². The van der Waals surface area contributed by atoms with Gasteiger partial charge in [0.1, 0.15) is 0 Å². The monoisotopic (exact) mass is 133 g/mol. The van der Waals surface area contributed by atoms with Crippen LogP contribution in [0.15, 0.2) is 30.3 Å². The molecule has 1 aromatic rings. The predicted molar refractivity (Wildman–Crippen MR) is 38.0 cm³/mol. The molecule has 0 amide bonds. The van der Waals surface area contributed by atoms with Crippen LogP contribution in [0.2, 0.25) is 0 Å². The molecule has 0 unspecified atom stereocenters. The van der Waals surface area contributed by atoms with E-state index in [4.69, 9.17) is 5.73 Å². The molecule has 0 aromatic heterocycles. The first kappa shape index (κ1) is 8.66. The van der Waals surface area contributed by atoms with Crippen LogP contribution in [0.5, 0.6) is 0 Å². The molecule has 0 aliphatic rings. The Morgan fingerprint density at radius 2 is 1.50 bits per heavy atom. The fraction of sp³-hybridized carbons (Fsp3) is 0. The fourth-order valence-corrected chi connectivity index (χ4v) is 0.453. The van der Waals surface area contributed by atoms with E-state index in [1.54, 1.807) is 0 Å². The van der Waals surface area contributed by atoms with Gasteiger partial charge in [-0.15, -0.1) is 0 Å². The fourth-order valence-electron chi connectivity index (χ4n) is 0.453. The van der Waals surface area contributed by atoms with E-state index in [9.17, 15) is 0 Å². The van der Waals surface area contributed by atoms with E-state index in [1.807, 2.05) is 30.3 Å². The SMILES string of the molecule is Nc1ccccc1.[KH]. The molecule has 8 heavy (non-hydrogen) atoms. The molecule has 2 N–H and O–H groups in total. The van der Waals surface area contributed by atoms with Crippen molar-refractivity contribution in [3.05, 3.63) is 30.3 Å². The number of hydrogen-bond donors (Lipinski definition) is 1. The van der Waals surface area contributed by atoms with Crippen molar-refractivity contribution in [1.82, 2.24) is 0 Å². The van der Waals surface area contributed by atoms with Crippen LogP contribution in [0.4, 0.5) is 5.69 Å². The molecular formula is C6H8KN. The molecule has 0 aliphatic carbocycles. The molecule has 0 bridgehead atoms. The van der Waals surface area contributed by atoms with Gasteiger partial charge in [0.05, 0.1) is 0 Å². The quantitative estimate of drug-likeness (QED) is 0.407. The summed E-state index contributed by atoms with van der Waals surface area (Å²) in [6.07, 6.45) is 0. The minimum atomic E-state index is 0. The molecule has 38 valence electrons. The number of hydrogen-bond acceptors (Lipinski definition) is 1. The zero-order valence-electron chi connectivity index (χ0n) is 3.96. The van der Waals surface area contributed by atoms with E-state index >= 15 is 0 Å². The molecular weight excluding hydrogens is 125 g/mol. The Balaban J connectivity index is 0.000000490. The van der Waals surface area contributed by atoms with Crippen molar-refractivity contribution in [2.75, 3.05) is 5.73 Å². The van der Waals surface area contributed by atoms with Crippen LogP contribution >= 0.6 is 0 Å². The topological polar surface area (TPSA) is 26.0 Å². The summed E-state index contributed by atoms with van der Waals surface area (Å²) >= 11 is 0. The standard InChI is InChI=1S/C6H7N.K.H/c7-6-4-2-1-3-5-6;;/h1-5H,7H2;;. The number of para-hydroxylation sites is 1. The first-order valence-corrected chi connectivity index (χ1v) is 2.20. The molecule has 0 saturated heterocycles. The summed E-state index contributed by atoms with van der Waals surface area (Å²) in [6.45, 7) is 0. The van der Waals surface area contributed by atoms with Gasteiger partial charge in [-0.05, 0) is 12.1 Å². The third-order valence-electron chi connectivity index (χ3n) is 0.800. The second kappa shape index (κ2) is 4.53. The summed E-state index contributed by atoms with van der Waals surface area (Å²) in [7, 11) is 0. The predicted octanol–water partition coefficient (Wildman–Crippen LogP) is 0.620. The summed E-state index contributed by atoms with van der Waals surface area (Å²) in [6, 6.07) is 9.49. The normalized spacial score (nSPS) is 7.50. The Hall–Kier alpha value is 0.656. The summed E-state index contributed by atoms with van der Waals surface area (Å²) in [5.41, 5.74) is 6.18. The first-order valence-electron chi connectivity index (χ1n) is 2.20. The molecule has 0 fully saturated rings. The molecule has 0 saturated carbocycles. The van der Waals surface area contributed by atoms with E-state index in [2.05, 4.69) is 0 Å². The number of nitrogens with two attached hydrogens (primary N) is 1. The van der Waals surface area contributed by atoms with Gasteiger partial charge in [0.15, 0.2) is 0 Å². The van der Waals surface area contributed by atoms with Crippen molar-refractivity contribution >= 4 is 57.1 Å². The van der Waals surface area contributed by atoms with Gasteiger partial charge in [-0.2, -0.15) is 0 Å². The van der Waals surface area contributed by atoms with Gasteiger partial charge in [-0.3, -0.25) is 0 Å². The number of rotatable bonds is 0. The number of anilines is 1. The van der Waals surface area contributed by atoms with Crippen LogP contribution in [-0.2, 0) is 0 Å². The summed E-state index contributed by atoms with van der Waals surface area (Å²) in [5, 5.41) is 0. The zero-order chi connectivity index (χ0) is 5.11. The average molecular weight is 133 g/mol. The molecule has 1 nitrogen and oxygen atoms in total. The van der Waals surface area contributed by atoms with Crippen molar-refractivity contribution in [3.63, 3.8) is 0 Å². The molecule has 0 radical (unpaired) electrons. The average Bonchev–Trinajstić information content (AvgIpc) is 1.69. The van der Waals surface area contributed by atoms with Gasteiger partial charge in [-0.25, -0.2) is 0 Å². The van der Waals surface area contributed by atoms with E-state index < -0.39 is 0 Å². The van der Waals surface area contributed by atoms with Crippen LogP contribution in [-0.4, -0.2) is 51.4 Å². The molecule has 0 spiro atoms. The Labute approximate surface area is 91.7 Å². The zero-order valence-corrected chi connectivity index (χ0v) is 3.96. The molecule has 2 heteroatoms. The Morgan fingerprint density at radius 1 is 1.00 bits per heavy atom. The summed E-state index contributed by atoms with van der Waals surface area (Å²) < 4.78 is 0. The van der Waals surface area contributed by atoms with Crippen LogP contribution < -0.4 is 5.73 Å². The second-order valence-corrected chi connectivity index (χ2v) is 1.41. The second-order valence-electron chi connectivity index (χ2n) is 1.41.